The molecule has 9 N–H and O–H groups in total. The Kier molecular flexibility index (Phi) is 20.5. The fourth-order valence-electron chi connectivity index (χ4n) is 10.8. The number of aromatic nitrogens is 3. The number of likely N-dealkylation sites (tertiary alicyclic amines) is 1. The normalized spacial score (nSPS) is 35.3. The molecule has 0 bridgehead atoms. The number of benzene rings is 2. The number of carbonyl (C=O) groups is 3. The molecule has 3 aromatic rings. The summed E-state index contributed by atoms with van der Waals surface area (Å²) in [6, 6.07) is 8.88. The Balaban J connectivity index is 1.02. The van der Waals surface area contributed by atoms with Crippen LogP contribution in [0.3, 0.4) is 0 Å². The molecule has 0 spiro atoms. The Bertz CT molecular complexity index is 2480. The minimum Gasteiger partial charge on any atom is -0.450 e. The standard InChI is InChI=1S/C53H73F2N5O19/c1-5-11-33(49(70)59-15-10-16-59)74-46-41(65)36(24-62)77-53(47(46)78-50(71)28-12-8-7-9-13-28)75-34-21-30(19-27(6-2)45(34)79-52-44(68)43(67)39(63)26(4)73-52)48(69)56-14-17-72-51-42(66)38(40(64)35(23-61)76-51)60-22-32(57-58-60)29-18-25(3)37(55)31(54)20-29/h7-9,12-13,18,20,22,26-27,30,33-36,38-47,51-53,61-68H,5-6,10-11,14-17,19,21,23-24H2,1-4H3,(H,56,69)/t26?,27-,30?,33+,34-,35-,36?,38?,39-,40-,41+,42?,43+,44?,45?,46?,47?,51+,52+,53-/m1/s1. The number of esters is 1. The number of rotatable bonds is 21. The average molecular weight is 1120 g/mol. The van der Waals surface area contributed by atoms with Crippen molar-refractivity contribution >= 4 is 17.8 Å². The molecule has 4 saturated heterocycles. The van der Waals surface area contributed by atoms with Gasteiger partial charge in [-0.25, -0.2) is 18.3 Å². The number of nitrogens with one attached hydrogen (secondary N) is 1. The van der Waals surface area contributed by atoms with Crippen molar-refractivity contribution in [2.75, 3.05) is 39.5 Å². The third-order valence-corrected chi connectivity index (χ3v) is 15.5. The third-order valence-electron chi connectivity index (χ3n) is 15.5. The number of aryl methyl sites for hydroxylation is 1. The number of hydrogen-bond donors (Lipinski definition) is 9. The molecule has 438 valence electrons. The number of nitrogens with zero attached hydrogens (tertiary/aromatic N) is 4. The fourth-order valence-corrected chi connectivity index (χ4v) is 10.8. The van der Waals surface area contributed by atoms with Crippen LogP contribution < -0.4 is 5.32 Å². The number of hydrogen-bond acceptors (Lipinski definition) is 21. The van der Waals surface area contributed by atoms with E-state index in [4.69, 9.17) is 37.9 Å². The maximum Gasteiger partial charge on any atom is 0.338 e. The molecule has 24 nitrogen and oxygen atoms in total. The van der Waals surface area contributed by atoms with Crippen LogP contribution in [0.25, 0.3) is 11.3 Å². The second-order valence-corrected chi connectivity index (χ2v) is 20.8. The molecule has 2 aromatic carbocycles. The van der Waals surface area contributed by atoms with Crippen LogP contribution in [0, 0.1) is 30.4 Å². The van der Waals surface area contributed by atoms with Gasteiger partial charge in [-0.05, 0) is 75.3 Å². The van der Waals surface area contributed by atoms with Crippen LogP contribution in [0.1, 0.15) is 81.3 Å². The Morgan fingerprint density at radius 2 is 1.53 bits per heavy atom. The fraction of sp³-hybridized carbons (Fsp3) is 0.679. The quantitative estimate of drug-likeness (QED) is 0.0491. The van der Waals surface area contributed by atoms with Gasteiger partial charge < -0.3 is 89.0 Å². The zero-order chi connectivity index (χ0) is 56.8. The number of aliphatic hydroxyl groups excluding tert-OH is 8. The zero-order valence-corrected chi connectivity index (χ0v) is 44.3. The van der Waals surface area contributed by atoms with Crippen molar-refractivity contribution in [2.24, 2.45) is 11.8 Å². The summed E-state index contributed by atoms with van der Waals surface area (Å²) in [6.07, 6.45) is -21.5. The highest BCUT2D eigenvalue weighted by Gasteiger charge is 2.54. The van der Waals surface area contributed by atoms with Gasteiger partial charge >= 0.3 is 5.97 Å². The molecule has 4 aliphatic heterocycles. The summed E-state index contributed by atoms with van der Waals surface area (Å²) in [4.78, 5) is 43.6. The number of ether oxygens (including phenoxy) is 8. The molecule has 5 aliphatic rings. The number of aliphatic hydroxyl groups is 8. The van der Waals surface area contributed by atoms with Gasteiger partial charge in [0.2, 0.25) is 5.91 Å². The van der Waals surface area contributed by atoms with Crippen LogP contribution >= 0.6 is 0 Å². The molecule has 1 aliphatic carbocycles. The summed E-state index contributed by atoms with van der Waals surface area (Å²) in [5, 5.41) is 98.5. The molecule has 1 saturated carbocycles. The first-order chi connectivity index (χ1) is 37.9. The first-order valence-corrected chi connectivity index (χ1v) is 26.9. The van der Waals surface area contributed by atoms with Crippen LogP contribution in [0.2, 0.25) is 0 Å². The van der Waals surface area contributed by atoms with Crippen LogP contribution in [-0.4, -0.2) is 222 Å². The SMILES string of the molecule is CCC[C@H](OC1C(OC(=O)c2ccccc2)[C@H](O[C@@H]2CC(C(=O)NCCO[C@H]3O[C@H](CO)[C@@H](O)C(n4cc(-c5cc(C)c(F)c(F)c5)nn4)C3O)C[C@@H](CC)C2O[C@@H]2OC(C)[C@@H](O)[C@H](O)C2O)OC(CO)[C@@H]1O)C(=O)N1CCC1. The van der Waals surface area contributed by atoms with Gasteiger partial charge in [0, 0.05) is 31.1 Å². The van der Waals surface area contributed by atoms with Gasteiger partial charge in [0.05, 0.1) is 49.9 Å². The highest BCUT2D eigenvalue weighted by molar-refractivity contribution is 5.89. The van der Waals surface area contributed by atoms with Crippen LogP contribution in [-0.2, 0) is 47.5 Å². The first kappa shape index (κ1) is 60.3. The van der Waals surface area contributed by atoms with E-state index in [-0.39, 0.29) is 60.7 Å². The Hall–Kier alpha value is -4.75. The minimum atomic E-state index is -1.75. The van der Waals surface area contributed by atoms with Crippen molar-refractivity contribution in [1.82, 2.24) is 25.2 Å². The maximum absolute atomic E-state index is 14.3. The van der Waals surface area contributed by atoms with Crippen molar-refractivity contribution < 1.29 is 102 Å². The minimum absolute atomic E-state index is 0.0123. The lowest BCUT2D eigenvalue weighted by atomic mass is 9.75. The summed E-state index contributed by atoms with van der Waals surface area (Å²) < 4.78 is 79.0. The van der Waals surface area contributed by atoms with E-state index >= 15 is 0 Å². The summed E-state index contributed by atoms with van der Waals surface area (Å²) in [5.41, 5.74) is 0.392. The van der Waals surface area contributed by atoms with E-state index < -0.39 is 159 Å². The maximum atomic E-state index is 14.3. The van der Waals surface area contributed by atoms with Crippen LogP contribution in [0.5, 0.6) is 0 Å². The lowest BCUT2D eigenvalue weighted by Crippen LogP contribution is -2.64. The second-order valence-electron chi connectivity index (χ2n) is 20.8. The largest absolute Gasteiger partial charge is 0.450 e. The molecule has 79 heavy (non-hydrogen) atoms. The van der Waals surface area contributed by atoms with Crippen molar-refractivity contribution in [3.63, 3.8) is 0 Å². The van der Waals surface area contributed by atoms with Crippen molar-refractivity contribution in [3.8, 4) is 11.3 Å². The van der Waals surface area contributed by atoms with E-state index in [0.29, 0.717) is 25.9 Å². The molecule has 8 rings (SSSR count). The van der Waals surface area contributed by atoms with Gasteiger partial charge in [-0.1, -0.05) is 50.1 Å². The highest BCUT2D eigenvalue weighted by atomic mass is 19.2. The Morgan fingerprint density at radius 1 is 0.823 bits per heavy atom. The molecular weight excluding hydrogens is 1050 g/mol. The predicted molar refractivity (Wildman–Crippen MR) is 267 cm³/mol. The molecule has 1 aromatic heterocycles. The first-order valence-electron chi connectivity index (χ1n) is 26.9. The topological polar surface area (TPSA) is 333 Å². The molecule has 26 heteroatoms. The summed E-state index contributed by atoms with van der Waals surface area (Å²) >= 11 is 0. The summed E-state index contributed by atoms with van der Waals surface area (Å²) in [6.45, 7) is 5.59. The second kappa shape index (κ2) is 26.9. The molecular formula is C53H73F2N5O19. The molecule has 5 heterocycles. The van der Waals surface area contributed by atoms with Gasteiger partial charge in [0.25, 0.3) is 5.91 Å². The van der Waals surface area contributed by atoms with E-state index in [1.807, 2.05) is 13.8 Å². The molecule has 9 unspecified atom stereocenters. The van der Waals surface area contributed by atoms with Crippen molar-refractivity contribution in [1.29, 1.82) is 0 Å². The van der Waals surface area contributed by atoms with E-state index in [1.54, 1.807) is 23.1 Å². The predicted octanol–water partition coefficient (Wildman–Crippen LogP) is -0.231. The zero-order valence-electron chi connectivity index (χ0n) is 44.3. The summed E-state index contributed by atoms with van der Waals surface area (Å²) in [7, 11) is 0. The number of carbonyl (C=O) groups excluding carboxylic acids is 3. The number of halogens is 2. The van der Waals surface area contributed by atoms with Crippen molar-refractivity contribution in [3.05, 3.63) is 71.4 Å². The lowest BCUT2D eigenvalue weighted by molar-refractivity contribution is -0.349. The van der Waals surface area contributed by atoms with Gasteiger partial charge in [0.1, 0.15) is 72.8 Å². The van der Waals surface area contributed by atoms with Crippen molar-refractivity contribution in [2.45, 2.75) is 177 Å². The van der Waals surface area contributed by atoms with Gasteiger partial charge in [0.15, 0.2) is 36.6 Å². The third kappa shape index (κ3) is 13.5. The number of amides is 2. The Labute approximate surface area is 454 Å². The van der Waals surface area contributed by atoms with E-state index in [9.17, 15) is 64.0 Å². The Morgan fingerprint density at radius 3 is 2.19 bits per heavy atom. The molecule has 0 radical (unpaired) electrons. The monoisotopic (exact) mass is 1120 g/mol. The van der Waals surface area contributed by atoms with Crippen LogP contribution in [0.4, 0.5) is 8.78 Å². The van der Waals surface area contributed by atoms with Crippen LogP contribution in [0.15, 0.2) is 48.7 Å². The highest BCUT2D eigenvalue weighted by Crippen LogP contribution is 2.41. The molecule has 2 amide bonds. The van der Waals surface area contributed by atoms with E-state index in [2.05, 4.69) is 15.6 Å². The van der Waals surface area contributed by atoms with E-state index in [1.165, 1.54) is 38.2 Å². The van der Waals surface area contributed by atoms with E-state index in [0.717, 1.165) is 17.2 Å². The average Bonchev–Trinajstić information content (AvgIpc) is 4.00. The molecule has 5 fully saturated rings. The molecule has 20 atom stereocenters. The summed E-state index contributed by atoms with van der Waals surface area (Å²) in [5.74, 6) is -5.29. The smallest absolute Gasteiger partial charge is 0.338 e. The van der Waals surface area contributed by atoms with Gasteiger partial charge in [-0.3, -0.25) is 9.59 Å². The van der Waals surface area contributed by atoms with Gasteiger partial charge in [-0.2, -0.15) is 0 Å². The van der Waals surface area contributed by atoms with Gasteiger partial charge in [-0.15, -0.1) is 5.10 Å². The lowest BCUT2D eigenvalue weighted by Gasteiger charge is -2.49.